The predicted molar refractivity (Wildman–Crippen MR) is 100.0 cm³/mol. The van der Waals surface area contributed by atoms with Crippen LogP contribution in [-0.2, 0) is 14.3 Å². The Labute approximate surface area is 155 Å². The molecule has 3 N–H and O–H groups in total. The van der Waals surface area contributed by atoms with Crippen LogP contribution in [0.1, 0.15) is 0 Å². The number of nitrogens with one attached hydrogen (secondary N) is 1. The summed E-state index contributed by atoms with van der Waals surface area (Å²) in [5, 5.41) is 2.31. The van der Waals surface area contributed by atoms with Gasteiger partial charge >= 0.3 is 16.2 Å². The highest BCUT2D eigenvalue weighted by atomic mass is 32.2. The molecule has 0 unspecified atom stereocenters. The number of nitrogens with two attached hydrogens (primary N) is 1. The highest BCUT2D eigenvalue weighted by Gasteiger charge is 2.21. The van der Waals surface area contributed by atoms with Crippen LogP contribution in [0.25, 0.3) is 11.1 Å². The summed E-state index contributed by atoms with van der Waals surface area (Å²) in [5.41, 5.74) is 7.55. The summed E-state index contributed by atoms with van der Waals surface area (Å²) in [7, 11) is -4.34. The van der Waals surface area contributed by atoms with Gasteiger partial charge in [0.1, 0.15) is 10.7 Å². The van der Waals surface area contributed by atoms with E-state index in [2.05, 4.69) is 9.50 Å². The maximum atomic E-state index is 13.0. The average molecular weight is 386 g/mol. The minimum absolute atomic E-state index is 0.197. The molecule has 27 heavy (non-hydrogen) atoms. The molecular formula is C19H15FN2O4S. The third kappa shape index (κ3) is 4.62. The largest absolute Gasteiger partial charge is 0.427 e. The van der Waals surface area contributed by atoms with E-state index in [4.69, 9.17) is 5.73 Å². The summed E-state index contributed by atoms with van der Waals surface area (Å²) in [6.07, 6.45) is -1.15. The Kier molecular flexibility index (Phi) is 5.09. The zero-order chi connectivity index (χ0) is 19.4. The minimum Gasteiger partial charge on any atom is -0.399 e. The number of benzene rings is 3. The van der Waals surface area contributed by atoms with Crippen LogP contribution < -0.4 is 11.1 Å². The van der Waals surface area contributed by atoms with Crippen LogP contribution in [-0.4, -0.2) is 14.5 Å². The lowest BCUT2D eigenvalue weighted by Crippen LogP contribution is -2.19. The molecule has 0 radical (unpaired) electrons. The lowest BCUT2D eigenvalue weighted by Gasteiger charge is -2.09. The molecule has 0 saturated carbocycles. The first kappa shape index (κ1) is 18.4. The molecule has 0 fully saturated rings. The molecule has 0 spiro atoms. The highest BCUT2D eigenvalue weighted by molar-refractivity contribution is 7.87. The number of anilines is 2. The van der Waals surface area contributed by atoms with Gasteiger partial charge in [-0.1, -0.05) is 24.3 Å². The van der Waals surface area contributed by atoms with Gasteiger partial charge in [-0.3, -0.25) is 5.32 Å². The maximum absolute atomic E-state index is 13.0. The lowest BCUT2D eigenvalue weighted by atomic mass is 10.1. The topological polar surface area (TPSA) is 98.5 Å². The second kappa shape index (κ2) is 7.46. The van der Waals surface area contributed by atoms with Crippen molar-refractivity contribution in [3.05, 3.63) is 78.6 Å². The first-order valence-corrected chi connectivity index (χ1v) is 9.21. The first-order chi connectivity index (χ1) is 12.8. The zero-order valence-electron chi connectivity index (χ0n) is 13.9. The third-order valence-electron chi connectivity index (χ3n) is 3.64. The monoisotopic (exact) mass is 386 g/mol. The third-order valence-corrected chi connectivity index (χ3v) is 4.84. The Morgan fingerprint density at radius 3 is 2.26 bits per heavy atom. The molecule has 0 bridgehead atoms. The molecule has 138 valence electrons. The van der Waals surface area contributed by atoms with Gasteiger partial charge in [-0.05, 0) is 59.7 Å². The minimum atomic E-state index is -4.34. The van der Waals surface area contributed by atoms with Crippen LogP contribution in [0.2, 0.25) is 0 Å². The number of nitrogen functional groups attached to an aromatic ring is 1. The van der Waals surface area contributed by atoms with E-state index in [9.17, 15) is 17.6 Å². The van der Waals surface area contributed by atoms with Crippen LogP contribution in [0, 0.1) is 5.82 Å². The number of carbonyl (C=O) groups is 1. The van der Waals surface area contributed by atoms with Crippen molar-refractivity contribution < 1.29 is 21.8 Å². The van der Waals surface area contributed by atoms with Crippen LogP contribution in [0.3, 0.4) is 0 Å². The van der Waals surface area contributed by atoms with Gasteiger partial charge in [0.25, 0.3) is 0 Å². The van der Waals surface area contributed by atoms with Crippen LogP contribution in [0.15, 0.2) is 77.7 Å². The van der Waals surface area contributed by atoms with Crippen LogP contribution >= 0.6 is 0 Å². The van der Waals surface area contributed by atoms with Gasteiger partial charge in [-0.15, -0.1) is 0 Å². The summed E-state index contributed by atoms with van der Waals surface area (Å²) >= 11 is 0. The van der Waals surface area contributed by atoms with Gasteiger partial charge in [0.05, 0.1) is 0 Å². The lowest BCUT2D eigenvalue weighted by molar-refractivity contribution is 0.217. The fourth-order valence-electron chi connectivity index (χ4n) is 2.33. The van der Waals surface area contributed by atoms with Crippen LogP contribution in [0.4, 0.5) is 20.6 Å². The zero-order valence-corrected chi connectivity index (χ0v) is 14.7. The number of amides is 1. The molecule has 0 aliphatic heterocycles. The fraction of sp³-hybridized carbons (Fsp3) is 0. The summed E-state index contributed by atoms with van der Waals surface area (Å²) in [4.78, 5) is 11.7. The number of carbonyl (C=O) groups excluding carboxylic acids is 1. The van der Waals surface area contributed by atoms with Gasteiger partial charge in [-0.25, -0.2) is 9.18 Å². The van der Waals surface area contributed by atoms with E-state index in [-0.39, 0.29) is 4.90 Å². The maximum Gasteiger partial charge on any atom is 0.427 e. The SMILES string of the molecule is Nc1ccc(NC(=O)OS(=O)(=O)c2cccc(-c3ccc(F)cc3)c2)cc1. The Bertz CT molecular complexity index is 1070. The van der Waals surface area contributed by atoms with E-state index < -0.39 is 22.0 Å². The summed E-state index contributed by atoms with van der Waals surface area (Å²) in [5.74, 6) is -0.398. The van der Waals surface area contributed by atoms with Crippen molar-refractivity contribution in [2.75, 3.05) is 11.1 Å². The number of hydrogen-bond donors (Lipinski definition) is 2. The second-order valence-corrected chi connectivity index (χ2v) is 7.15. The molecule has 0 heterocycles. The normalized spacial score (nSPS) is 11.0. The van der Waals surface area contributed by atoms with E-state index in [0.717, 1.165) is 0 Å². The summed E-state index contributed by atoms with van der Waals surface area (Å²) < 4.78 is 42.4. The molecular weight excluding hydrogens is 371 g/mol. The van der Waals surface area contributed by atoms with Crippen molar-refractivity contribution in [1.82, 2.24) is 0 Å². The predicted octanol–water partition coefficient (Wildman–Crippen LogP) is 4.01. The molecule has 1 amide bonds. The summed E-state index contributed by atoms with van der Waals surface area (Å²) in [6, 6.07) is 17.5. The van der Waals surface area contributed by atoms with Crippen molar-refractivity contribution in [2.24, 2.45) is 0 Å². The Balaban J connectivity index is 1.78. The molecule has 0 saturated heterocycles. The smallest absolute Gasteiger partial charge is 0.399 e. The van der Waals surface area contributed by atoms with Gasteiger partial charge < -0.3 is 9.92 Å². The number of rotatable bonds is 4. The first-order valence-electron chi connectivity index (χ1n) is 7.80. The van der Waals surface area contributed by atoms with Crippen molar-refractivity contribution in [2.45, 2.75) is 4.90 Å². The summed E-state index contributed by atoms with van der Waals surface area (Å²) in [6.45, 7) is 0. The molecule has 0 aromatic heterocycles. The standard InChI is InChI=1S/C19H15FN2O4S/c20-15-6-4-13(5-7-15)14-2-1-3-18(12-14)27(24,25)26-19(23)22-17-10-8-16(21)9-11-17/h1-12H,21H2,(H,22,23). The van der Waals surface area contributed by atoms with E-state index in [1.807, 2.05) is 0 Å². The Morgan fingerprint density at radius 1 is 0.926 bits per heavy atom. The molecule has 3 aromatic rings. The van der Waals surface area contributed by atoms with Crippen molar-refractivity contribution >= 4 is 27.6 Å². The molecule has 0 aliphatic rings. The molecule has 0 aliphatic carbocycles. The van der Waals surface area contributed by atoms with E-state index in [0.29, 0.717) is 22.5 Å². The van der Waals surface area contributed by atoms with Crippen molar-refractivity contribution in [3.63, 3.8) is 0 Å². The molecule has 0 atom stereocenters. The Morgan fingerprint density at radius 2 is 1.59 bits per heavy atom. The molecule has 6 nitrogen and oxygen atoms in total. The van der Waals surface area contributed by atoms with Gasteiger partial charge in [0.15, 0.2) is 0 Å². The second-order valence-electron chi connectivity index (χ2n) is 5.61. The quantitative estimate of drug-likeness (QED) is 0.521. The van der Waals surface area contributed by atoms with Gasteiger partial charge in [0, 0.05) is 11.4 Å². The molecule has 3 rings (SSSR count). The Hall–Kier alpha value is -3.39. The van der Waals surface area contributed by atoms with Crippen LogP contribution in [0.5, 0.6) is 0 Å². The number of hydrogen-bond acceptors (Lipinski definition) is 5. The number of halogens is 1. The van der Waals surface area contributed by atoms with E-state index in [1.54, 1.807) is 18.2 Å². The fourth-order valence-corrected chi connectivity index (χ4v) is 3.18. The average Bonchev–Trinajstić information content (AvgIpc) is 2.64. The highest BCUT2D eigenvalue weighted by Crippen LogP contribution is 2.24. The van der Waals surface area contributed by atoms with Gasteiger partial charge in [-0.2, -0.15) is 8.42 Å². The van der Waals surface area contributed by atoms with E-state index in [1.165, 1.54) is 54.6 Å². The molecule has 3 aromatic carbocycles. The molecule has 8 heteroatoms. The van der Waals surface area contributed by atoms with E-state index >= 15 is 0 Å². The van der Waals surface area contributed by atoms with Crippen molar-refractivity contribution in [1.29, 1.82) is 0 Å². The van der Waals surface area contributed by atoms with Crippen molar-refractivity contribution in [3.8, 4) is 11.1 Å². The van der Waals surface area contributed by atoms with Gasteiger partial charge in [0.2, 0.25) is 0 Å².